The van der Waals surface area contributed by atoms with Crippen LogP contribution in [0.15, 0.2) is 42.5 Å². The summed E-state index contributed by atoms with van der Waals surface area (Å²) in [6.45, 7) is 15.0. The minimum atomic E-state index is 0.137. The van der Waals surface area contributed by atoms with Crippen molar-refractivity contribution in [2.24, 2.45) is 0 Å². The zero-order chi connectivity index (χ0) is 17.5. The van der Waals surface area contributed by atoms with Gasteiger partial charge in [-0.15, -0.1) is 0 Å². The number of nitrogens with zero attached hydrogens (tertiary/aromatic N) is 1. The van der Waals surface area contributed by atoms with Crippen LogP contribution in [-0.2, 0) is 17.3 Å². The lowest BCUT2D eigenvalue weighted by Crippen LogP contribution is -2.28. The van der Waals surface area contributed by atoms with Crippen molar-refractivity contribution in [1.82, 2.24) is 0 Å². The Kier molecular flexibility index (Phi) is 4.23. The van der Waals surface area contributed by atoms with E-state index in [1.54, 1.807) is 0 Å². The Balaban J connectivity index is 2.19. The summed E-state index contributed by atoms with van der Waals surface area (Å²) in [5.74, 6) is 0. The van der Waals surface area contributed by atoms with Crippen molar-refractivity contribution in [1.29, 1.82) is 0 Å². The summed E-state index contributed by atoms with van der Waals surface area (Å²) in [5.41, 5.74) is 7.41. The first kappa shape index (κ1) is 17.1. The summed E-state index contributed by atoms with van der Waals surface area (Å²) in [5, 5.41) is 0. The second-order valence-corrected chi connectivity index (χ2v) is 9.12. The lowest BCUT2D eigenvalue weighted by atomic mass is 9.80. The van der Waals surface area contributed by atoms with Crippen LogP contribution in [0, 0.1) is 0 Å². The molecule has 0 saturated carbocycles. The summed E-state index contributed by atoms with van der Waals surface area (Å²) in [7, 11) is 0. The van der Waals surface area contributed by atoms with E-state index in [1.807, 2.05) is 0 Å². The molecule has 0 amide bonds. The molecule has 3 rings (SSSR count). The molecule has 0 N–H and O–H groups in total. The molecule has 1 aliphatic rings. The average Bonchev–Trinajstić information content (AvgIpc) is 2.52. The van der Waals surface area contributed by atoms with E-state index in [4.69, 9.17) is 0 Å². The average molecular weight is 322 g/mol. The van der Waals surface area contributed by atoms with Gasteiger partial charge in [0.25, 0.3) is 0 Å². The van der Waals surface area contributed by atoms with Gasteiger partial charge in [-0.2, -0.15) is 0 Å². The zero-order valence-corrected chi connectivity index (χ0v) is 16.1. The number of benzene rings is 2. The van der Waals surface area contributed by atoms with E-state index < -0.39 is 0 Å². The molecule has 0 bridgehead atoms. The molecular weight excluding hydrogens is 290 g/mol. The van der Waals surface area contributed by atoms with Gasteiger partial charge in [0.15, 0.2) is 0 Å². The van der Waals surface area contributed by atoms with E-state index in [-0.39, 0.29) is 10.8 Å². The Labute approximate surface area is 147 Å². The third-order valence-electron chi connectivity index (χ3n) is 5.07. The maximum Gasteiger partial charge on any atom is 0.0451 e. The highest BCUT2D eigenvalue weighted by Gasteiger charge is 2.27. The molecule has 1 nitrogen and oxygen atoms in total. The van der Waals surface area contributed by atoms with Crippen molar-refractivity contribution in [3.05, 3.63) is 59.2 Å². The first-order valence-corrected chi connectivity index (χ1v) is 9.18. The molecule has 128 valence electrons. The monoisotopic (exact) mass is 321 g/mol. The molecule has 0 aromatic heterocycles. The minimum absolute atomic E-state index is 0.137. The van der Waals surface area contributed by atoms with E-state index >= 15 is 0 Å². The zero-order valence-electron chi connectivity index (χ0n) is 16.1. The Bertz CT molecular complexity index is 728. The number of aryl methyl sites for hydroxylation is 1. The second kappa shape index (κ2) is 5.95. The number of hydrogen-bond acceptors (Lipinski definition) is 1. The van der Waals surface area contributed by atoms with Gasteiger partial charge >= 0.3 is 0 Å². The highest BCUT2D eigenvalue weighted by atomic mass is 15.1. The standard InChI is InChI=1S/C23H31N/c1-22(2,3)18-13-14-19(23(4,5)6)21(16-18)24-15-9-11-17-10-7-8-12-20(17)24/h7-8,10,12-14,16H,9,11,15H2,1-6H3. The lowest BCUT2D eigenvalue weighted by molar-refractivity contribution is 0.575. The molecule has 2 aromatic carbocycles. The smallest absolute Gasteiger partial charge is 0.0451 e. The topological polar surface area (TPSA) is 3.24 Å². The third kappa shape index (κ3) is 3.22. The van der Waals surface area contributed by atoms with Gasteiger partial charge < -0.3 is 4.90 Å². The minimum Gasteiger partial charge on any atom is -0.341 e. The molecule has 1 heteroatoms. The van der Waals surface area contributed by atoms with Gasteiger partial charge in [-0.1, -0.05) is 71.9 Å². The number of para-hydroxylation sites is 1. The number of fused-ring (bicyclic) bond motifs is 1. The van der Waals surface area contributed by atoms with Crippen LogP contribution >= 0.6 is 0 Å². The van der Waals surface area contributed by atoms with Crippen LogP contribution in [-0.4, -0.2) is 6.54 Å². The van der Waals surface area contributed by atoms with Crippen molar-refractivity contribution >= 4 is 11.4 Å². The van der Waals surface area contributed by atoms with Gasteiger partial charge in [0.05, 0.1) is 0 Å². The van der Waals surface area contributed by atoms with Crippen molar-refractivity contribution in [3.63, 3.8) is 0 Å². The molecule has 0 fully saturated rings. The van der Waals surface area contributed by atoms with Crippen LogP contribution < -0.4 is 4.90 Å². The second-order valence-electron chi connectivity index (χ2n) is 9.12. The van der Waals surface area contributed by atoms with Crippen LogP contribution in [0.25, 0.3) is 0 Å². The van der Waals surface area contributed by atoms with E-state index in [0.29, 0.717) is 0 Å². The highest BCUT2D eigenvalue weighted by molar-refractivity contribution is 5.72. The van der Waals surface area contributed by atoms with E-state index in [0.717, 1.165) is 6.54 Å². The van der Waals surface area contributed by atoms with Crippen molar-refractivity contribution in [3.8, 4) is 0 Å². The summed E-state index contributed by atoms with van der Waals surface area (Å²) in [4.78, 5) is 2.55. The fraction of sp³-hybridized carbons (Fsp3) is 0.478. The first-order valence-electron chi connectivity index (χ1n) is 9.18. The Hall–Kier alpha value is -1.76. The van der Waals surface area contributed by atoms with Crippen LogP contribution in [0.4, 0.5) is 11.4 Å². The first-order chi connectivity index (χ1) is 11.2. The quantitative estimate of drug-likeness (QED) is 0.590. The summed E-state index contributed by atoms with van der Waals surface area (Å²) >= 11 is 0. The van der Waals surface area contributed by atoms with Crippen molar-refractivity contribution < 1.29 is 0 Å². The molecule has 0 saturated heterocycles. The van der Waals surface area contributed by atoms with Gasteiger partial charge in [-0.25, -0.2) is 0 Å². The molecular formula is C23H31N. The summed E-state index contributed by atoms with van der Waals surface area (Å²) in [6.07, 6.45) is 2.41. The van der Waals surface area contributed by atoms with Gasteiger partial charge in [-0.05, 0) is 52.5 Å². The number of rotatable bonds is 1. The van der Waals surface area contributed by atoms with E-state index in [1.165, 1.54) is 40.9 Å². The third-order valence-corrected chi connectivity index (χ3v) is 5.07. The molecule has 0 unspecified atom stereocenters. The Morgan fingerprint density at radius 1 is 0.792 bits per heavy atom. The highest BCUT2D eigenvalue weighted by Crippen LogP contribution is 2.41. The largest absolute Gasteiger partial charge is 0.341 e. The van der Waals surface area contributed by atoms with Gasteiger partial charge in [-0.3, -0.25) is 0 Å². The molecule has 1 aliphatic heterocycles. The molecule has 0 radical (unpaired) electrons. The van der Waals surface area contributed by atoms with Crippen LogP contribution in [0.2, 0.25) is 0 Å². The molecule has 2 aromatic rings. The van der Waals surface area contributed by atoms with Crippen molar-refractivity contribution in [2.75, 3.05) is 11.4 Å². The Morgan fingerprint density at radius 3 is 2.17 bits per heavy atom. The summed E-state index contributed by atoms with van der Waals surface area (Å²) in [6, 6.07) is 16.0. The predicted octanol–water partition coefficient (Wildman–Crippen LogP) is 6.37. The maximum atomic E-state index is 2.55. The molecule has 0 aliphatic carbocycles. The summed E-state index contributed by atoms with van der Waals surface area (Å²) < 4.78 is 0. The lowest BCUT2D eigenvalue weighted by Gasteiger charge is -2.36. The Morgan fingerprint density at radius 2 is 1.50 bits per heavy atom. The van der Waals surface area contributed by atoms with Gasteiger partial charge in [0, 0.05) is 17.9 Å². The number of hydrogen-bond donors (Lipinski definition) is 0. The molecule has 24 heavy (non-hydrogen) atoms. The predicted molar refractivity (Wildman–Crippen MR) is 106 cm³/mol. The van der Waals surface area contributed by atoms with E-state index in [2.05, 4.69) is 88.9 Å². The fourth-order valence-electron chi connectivity index (χ4n) is 3.64. The molecule has 0 atom stereocenters. The molecule has 0 spiro atoms. The van der Waals surface area contributed by atoms with Gasteiger partial charge in [0.2, 0.25) is 0 Å². The van der Waals surface area contributed by atoms with Crippen molar-refractivity contribution in [2.45, 2.75) is 65.2 Å². The van der Waals surface area contributed by atoms with Crippen LogP contribution in [0.1, 0.15) is 64.7 Å². The SMILES string of the molecule is CC(C)(C)c1ccc(C(C)(C)C)c(N2CCCc3ccccc32)c1. The fourth-order valence-corrected chi connectivity index (χ4v) is 3.64. The maximum absolute atomic E-state index is 2.55. The van der Waals surface area contributed by atoms with Crippen LogP contribution in [0.3, 0.4) is 0 Å². The number of anilines is 2. The van der Waals surface area contributed by atoms with Crippen LogP contribution in [0.5, 0.6) is 0 Å². The normalized spacial score (nSPS) is 15.3. The van der Waals surface area contributed by atoms with Gasteiger partial charge in [0.1, 0.15) is 0 Å². The molecule has 1 heterocycles. The van der Waals surface area contributed by atoms with E-state index in [9.17, 15) is 0 Å².